The molecule has 1 aromatic rings. The van der Waals surface area contributed by atoms with Crippen LogP contribution in [0, 0.1) is 11.8 Å². The molecule has 0 heterocycles. The molecule has 0 aliphatic carbocycles. The van der Waals surface area contributed by atoms with Crippen LogP contribution < -0.4 is 54.4 Å². The van der Waals surface area contributed by atoms with Crippen molar-refractivity contribution in [2.45, 2.75) is 128 Å². The van der Waals surface area contributed by atoms with Crippen LogP contribution in [0.1, 0.15) is 84.6 Å². The third-order valence-electron chi connectivity index (χ3n) is 10.6. The fourth-order valence-electron chi connectivity index (χ4n) is 6.22. The number of primary amides is 1. The van der Waals surface area contributed by atoms with Crippen LogP contribution in [0.5, 0.6) is 0 Å². The molecule has 0 saturated heterocycles. The van der Waals surface area contributed by atoms with E-state index in [2.05, 4.69) is 37.2 Å². The lowest BCUT2D eigenvalue weighted by Crippen LogP contribution is -2.61. The summed E-state index contributed by atoms with van der Waals surface area (Å²) in [6.45, 7) is 6.76. The van der Waals surface area contributed by atoms with Gasteiger partial charge in [-0.15, -0.1) is 0 Å². The normalized spacial score (nSPS) is 15.1. The smallest absolute Gasteiger partial charge is 0.322 e. The van der Waals surface area contributed by atoms with Gasteiger partial charge in [0, 0.05) is 6.42 Å². The van der Waals surface area contributed by atoms with E-state index in [0.29, 0.717) is 37.0 Å². The second kappa shape index (κ2) is 30.3. The summed E-state index contributed by atoms with van der Waals surface area (Å²) in [6, 6.07) is -1.40. The van der Waals surface area contributed by atoms with Gasteiger partial charge in [0.05, 0.1) is 18.9 Å². The number of carbonyl (C=O) groups excluding carboxylic acids is 8. The first-order chi connectivity index (χ1) is 30.7. The molecule has 0 aliphatic rings. The van der Waals surface area contributed by atoms with E-state index in [1.165, 1.54) is 11.8 Å². The quantitative estimate of drug-likeness (QED) is 0.0348. The molecule has 0 saturated carbocycles. The second-order valence-corrected chi connectivity index (χ2v) is 16.7. The summed E-state index contributed by atoms with van der Waals surface area (Å²) in [4.78, 5) is 130. The Morgan fingerprint density at radius 2 is 1.12 bits per heavy atom. The lowest BCUT2D eigenvalue weighted by Gasteiger charge is -2.29. The van der Waals surface area contributed by atoms with Crippen molar-refractivity contribution in [2.24, 2.45) is 29.0 Å². The van der Waals surface area contributed by atoms with Crippen molar-refractivity contribution in [3.8, 4) is 0 Å². The number of nitrogens with two attached hydrogens (primary N) is 3. The average Bonchev–Trinajstić information content (AvgIpc) is 3.26. The minimum atomic E-state index is -1.89. The molecule has 15 N–H and O–H groups in total. The van der Waals surface area contributed by atoms with Crippen molar-refractivity contribution in [3.05, 3.63) is 35.9 Å². The SMILES string of the molecule is CC[C@H](C)[C@H](N)C(=O)N[C@H](C(=O)N[C@@H](CCCCN)C(=O)N[C@@H](CCSC)C(=O)N[C@@H](CC(=O)O)C(=O)N[C@@H](CC(N)=O)C(=O)N[C@@H](Cc1ccccc1)C(=O)NCC(=O)O)[C@@H](C)CC. The Hall–Kier alpha value is -5.81. The topological polar surface area (TPSA) is 373 Å². The zero-order valence-corrected chi connectivity index (χ0v) is 38.5. The molecule has 364 valence electrons. The van der Waals surface area contributed by atoms with Crippen molar-refractivity contribution in [1.82, 2.24) is 37.2 Å². The Morgan fingerprint density at radius 1 is 0.615 bits per heavy atom. The summed E-state index contributed by atoms with van der Waals surface area (Å²) in [5.74, 6) is -10.5. The molecule has 1 rings (SSSR count). The Kier molecular flexibility index (Phi) is 26.7. The molecular weight excluding hydrogens is 869 g/mol. The zero-order chi connectivity index (χ0) is 49.2. The van der Waals surface area contributed by atoms with Crippen LogP contribution in [-0.4, -0.2) is 137 Å². The minimum absolute atomic E-state index is 0.0257. The lowest BCUT2D eigenvalue weighted by molar-refractivity contribution is -0.142. The van der Waals surface area contributed by atoms with Gasteiger partial charge in [0.1, 0.15) is 42.8 Å². The predicted octanol–water partition coefficient (Wildman–Crippen LogP) is -2.01. The average molecular weight is 937 g/mol. The van der Waals surface area contributed by atoms with Crippen molar-refractivity contribution in [2.75, 3.05) is 25.1 Å². The van der Waals surface area contributed by atoms with E-state index in [0.717, 1.165) is 0 Å². The fourth-order valence-corrected chi connectivity index (χ4v) is 6.69. The third kappa shape index (κ3) is 21.6. The largest absolute Gasteiger partial charge is 0.481 e. The molecule has 0 bridgehead atoms. The number of thioether (sulfide) groups is 1. The van der Waals surface area contributed by atoms with Gasteiger partial charge in [-0.1, -0.05) is 70.9 Å². The first kappa shape index (κ1) is 57.2. The van der Waals surface area contributed by atoms with Crippen molar-refractivity contribution < 1.29 is 58.2 Å². The maximum absolute atomic E-state index is 13.9. The number of carboxylic acids is 2. The summed E-state index contributed by atoms with van der Waals surface area (Å²) in [5.41, 5.74) is 17.8. The van der Waals surface area contributed by atoms with Crippen LogP contribution in [0.25, 0.3) is 0 Å². The highest BCUT2D eigenvalue weighted by atomic mass is 32.2. The van der Waals surface area contributed by atoms with E-state index >= 15 is 0 Å². The molecule has 8 amide bonds. The van der Waals surface area contributed by atoms with Crippen LogP contribution in [0.3, 0.4) is 0 Å². The Labute approximate surface area is 383 Å². The standard InChI is InChI=1S/C42H68N10O12S/c1-6-23(3)34(45)41(63)52-35(24(4)7-2)42(64)48-26(15-11-12-17-43)37(59)47-27(16-18-65-5)38(60)51-30(21-32(54)55)40(62)50-29(20-31(44)53)39(61)49-28(36(58)46-22-33(56)57)19-25-13-9-8-10-14-25/h8-10,13-14,23-24,26-30,34-35H,6-7,11-12,15-22,43,45H2,1-5H3,(H2,44,53)(H,46,58)(H,47,59)(H,48,64)(H,49,61)(H,50,62)(H,51,60)(H,52,63)(H,54,55)(H,56,57)/t23-,24-,26-,27-,28-,29-,30-,34-,35-/m0/s1. The summed E-state index contributed by atoms with van der Waals surface area (Å²) in [5, 5.41) is 35.9. The number of hydrogen-bond donors (Lipinski definition) is 12. The van der Waals surface area contributed by atoms with Crippen molar-refractivity contribution >= 4 is 71.0 Å². The molecular formula is C42H68N10O12S. The zero-order valence-electron chi connectivity index (χ0n) is 37.7. The summed E-state index contributed by atoms with van der Waals surface area (Å²) >= 11 is 1.31. The van der Waals surface area contributed by atoms with Gasteiger partial charge in [0.15, 0.2) is 0 Å². The number of carboxylic acid groups (broad SMARTS) is 2. The van der Waals surface area contributed by atoms with Crippen LogP contribution >= 0.6 is 11.8 Å². The number of benzene rings is 1. The van der Waals surface area contributed by atoms with Gasteiger partial charge in [-0.25, -0.2) is 0 Å². The molecule has 1 aromatic carbocycles. The Balaban J connectivity index is 3.42. The maximum Gasteiger partial charge on any atom is 0.322 e. The summed E-state index contributed by atoms with van der Waals surface area (Å²) < 4.78 is 0. The molecule has 9 atom stereocenters. The van der Waals surface area contributed by atoms with Gasteiger partial charge >= 0.3 is 11.9 Å². The fraction of sp³-hybridized carbons (Fsp3) is 0.619. The van der Waals surface area contributed by atoms with E-state index in [9.17, 15) is 53.1 Å². The summed E-state index contributed by atoms with van der Waals surface area (Å²) in [7, 11) is 0. The molecule has 0 spiro atoms. The predicted molar refractivity (Wildman–Crippen MR) is 241 cm³/mol. The molecule has 22 nitrogen and oxygen atoms in total. The summed E-state index contributed by atoms with van der Waals surface area (Å²) in [6.07, 6.45) is 1.75. The van der Waals surface area contributed by atoms with Crippen LogP contribution in [-0.2, 0) is 54.4 Å². The molecule has 23 heteroatoms. The van der Waals surface area contributed by atoms with Crippen LogP contribution in [0.4, 0.5) is 0 Å². The van der Waals surface area contributed by atoms with Gasteiger partial charge < -0.3 is 64.6 Å². The van der Waals surface area contributed by atoms with E-state index in [-0.39, 0.29) is 37.6 Å². The molecule has 0 aliphatic heterocycles. The molecule has 0 radical (unpaired) electrons. The Bertz CT molecular complexity index is 1770. The lowest BCUT2D eigenvalue weighted by atomic mass is 9.95. The highest BCUT2D eigenvalue weighted by Gasteiger charge is 2.36. The third-order valence-corrected chi connectivity index (χ3v) is 11.2. The van der Waals surface area contributed by atoms with Gasteiger partial charge in [0.2, 0.25) is 47.3 Å². The van der Waals surface area contributed by atoms with E-state index in [4.69, 9.17) is 22.3 Å². The first-order valence-corrected chi connectivity index (χ1v) is 22.9. The van der Waals surface area contributed by atoms with Gasteiger partial charge in [-0.2, -0.15) is 11.8 Å². The van der Waals surface area contributed by atoms with E-state index in [1.807, 2.05) is 13.8 Å². The number of aliphatic carboxylic acids is 2. The Morgan fingerprint density at radius 3 is 1.63 bits per heavy atom. The van der Waals surface area contributed by atoms with E-state index in [1.54, 1.807) is 50.4 Å². The molecule has 0 unspecified atom stereocenters. The maximum atomic E-state index is 13.9. The number of unbranched alkanes of at least 4 members (excludes halogenated alkanes) is 1. The number of hydrogen-bond acceptors (Lipinski definition) is 13. The highest BCUT2D eigenvalue weighted by Crippen LogP contribution is 2.13. The number of amides is 8. The molecule has 65 heavy (non-hydrogen) atoms. The van der Waals surface area contributed by atoms with Crippen molar-refractivity contribution in [3.63, 3.8) is 0 Å². The van der Waals surface area contributed by atoms with Gasteiger partial charge in [-0.3, -0.25) is 47.9 Å². The van der Waals surface area contributed by atoms with Crippen LogP contribution in [0.2, 0.25) is 0 Å². The number of rotatable bonds is 32. The molecule has 0 aromatic heterocycles. The van der Waals surface area contributed by atoms with Crippen LogP contribution in [0.15, 0.2) is 30.3 Å². The number of carbonyl (C=O) groups is 10. The van der Waals surface area contributed by atoms with Crippen molar-refractivity contribution in [1.29, 1.82) is 0 Å². The first-order valence-electron chi connectivity index (χ1n) is 21.5. The molecule has 0 fully saturated rings. The minimum Gasteiger partial charge on any atom is -0.481 e. The highest BCUT2D eigenvalue weighted by molar-refractivity contribution is 7.98. The number of nitrogens with one attached hydrogen (secondary N) is 7. The van der Waals surface area contributed by atoms with Gasteiger partial charge in [0.25, 0.3) is 0 Å². The monoisotopic (exact) mass is 936 g/mol. The van der Waals surface area contributed by atoms with E-state index < -0.39 is 121 Å². The second-order valence-electron chi connectivity index (χ2n) is 15.7. The van der Waals surface area contributed by atoms with Gasteiger partial charge in [-0.05, 0) is 61.6 Å².